The zero-order valence-corrected chi connectivity index (χ0v) is 14.8. The van der Waals surface area contributed by atoms with Crippen molar-refractivity contribution in [3.05, 3.63) is 54.1 Å². The number of hydrogen-bond acceptors (Lipinski definition) is 4. The summed E-state index contributed by atoms with van der Waals surface area (Å²) in [4.78, 5) is 26.4. The van der Waals surface area contributed by atoms with Crippen molar-refractivity contribution in [1.82, 2.24) is 0 Å². The van der Waals surface area contributed by atoms with E-state index in [1.807, 2.05) is 62.4 Å². The zero-order chi connectivity index (χ0) is 17.6. The number of thioether (sulfide) groups is 1. The predicted molar refractivity (Wildman–Crippen MR) is 98.9 cm³/mol. The standard InChI is InChI=1S/C19H18N2O3S/c1-3-24-14-10-8-13(9-11-14)21-17(22)12(2)25-19(21)15-6-4-5-7-16(15)20-18(19)23/h4-12H,3H2,1-2H3,(H,20,23). The second kappa shape index (κ2) is 5.81. The van der Waals surface area contributed by atoms with Gasteiger partial charge in [-0.1, -0.05) is 18.2 Å². The van der Waals surface area contributed by atoms with Crippen molar-refractivity contribution in [1.29, 1.82) is 0 Å². The molecule has 0 aliphatic carbocycles. The summed E-state index contributed by atoms with van der Waals surface area (Å²) in [5.74, 6) is 0.496. The fraction of sp³-hybridized carbons (Fsp3) is 0.263. The largest absolute Gasteiger partial charge is 0.494 e. The van der Waals surface area contributed by atoms with Crippen LogP contribution in [0, 0.1) is 0 Å². The Kier molecular flexibility index (Phi) is 3.72. The number of rotatable bonds is 3. The maximum absolute atomic E-state index is 12.9. The van der Waals surface area contributed by atoms with Crippen LogP contribution in [0.15, 0.2) is 48.5 Å². The fourth-order valence-electron chi connectivity index (χ4n) is 3.42. The van der Waals surface area contributed by atoms with Gasteiger partial charge >= 0.3 is 0 Å². The number of carbonyl (C=O) groups is 2. The highest BCUT2D eigenvalue weighted by Crippen LogP contribution is 2.55. The number of nitrogens with zero attached hydrogens (tertiary/aromatic N) is 1. The van der Waals surface area contributed by atoms with Crippen LogP contribution < -0.4 is 15.0 Å². The highest BCUT2D eigenvalue weighted by molar-refractivity contribution is 8.03. The molecule has 0 saturated carbocycles. The first-order valence-electron chi connectivity index (χ1n) is 8.23. The molecule has 128 valence electrons. The zero-order valence-electron chi connectivity index (χ0n) is 14.0. The van der Waals surface area contributed by atoms with Crippen molar-refractivity contribution in [2.45, 2.75) is 24.0 Å². The number of hydrogen-bond donors (Lipinski definition) is 1. The lowest BCUT2D eigenvalue weighted by Crippen LogP contribution is -2.47. The fourth-order valence-corrected chi connectivity index (χ4v) is 4.90. The van der Waals surface area contributed by atoms with Crippen LogP contribution in [0.2, 0.25) is 0 Å². The first kappa shape index (κ1) is 16.0. The van der Waals surface area contributed by atoms with Gasteiger partial charge in [-0.3, -0.25) is 14.5 Å². The van der Waals surface area contributed by atoms with E-state index in [0.29, 0.717) is 12.3 Å². The number of ether oxygens (including phenoxy) is 1. The number of carbonyl (C=O) groups excluding carboxylic acids is 2. The predicted octanol–water partition coefficient (Wildman–Crippen LogP) is 3.36. The van der Waals surface area contributed by atoms with Gasteiger partial charge in [0.15, 0.2) is 0 Å². The van der Waals surface area contributed by atoms with Crippen molar-refractivity contribution in [3.63, 3.8) is 0 Å². The number of fused-ring (bicyclic) bond motifs is 2. The number of nitrogens with one attached hydrogen (secondary N) is 1. The topological polar surface area (TPSA) is 58.6 Å². The molecule has 0 aromatic heterocycles. The molecule has 4 rings (SSSR count). The molecule has 2 aromatic rings. The Balaban J connectivity index is 1.84. The third kappa shape index (κ3) is 2.24. The summed E-state index contributed by atoms with van der Waals surface area (Å²) in [6.07, 6.45) is 0. The molecule has 1 fully saturated rings. The summed E-state index contributed by atoms with van der Waals surface area (Å²) in [5, 5.41) is 2.62. The summed E-state index contributed by atoms with van der Waals surface area (Å²) >= 11 is 1.38. The van der Waals surface area contributed by atoms with Crippen LogP contribution in [-0.2, 0) is 14.5 Å². The van der Waals surface area contributed by atoms with Crippen LogP contribution in [0.3, 0.4) is 0 Å². The van der Waals surface area contributed by atoms with E-state index in [1.54, 1.807) is 4.90 Å². The average molecular weight is 354 g/mol. The number of para-hydroxylation sites is 1. The van der Waals surface area contributed by atoms with E-state index in [-0.39, 0.29) is 17.1 Å². The Bertz CT molecular complexity index is 852. The minimum absolute atomic E-state index is 0.0685. The number of amides is 2. The molecule has 2 aliphatic rings. The average Bonchev–Trinajstić information content (AvgIpc) is 3.04. The highest BCUT2D eigenvalue weighted by Gasteiger charge is 2.60. The highest BCUT2D eigenvalue weighted by atomic mass is 32.2. The summed E-state index contributed by atoms with van der Waals surface area (Å²) < 4.78 is 5.48. The van der Waals surface area contributed by atoms with Gasteiger partial charge in [-0.15, -0.1) is 11.8 Å². The molecule has 1 spiro atoms. The van der Waals surface area contributed by atoms with Gasteiger partial charge in [0.2, 0.25) is 10.8 Å². The molecule has 5 nitrogen and oxygen atoms in total. The van der Waals surface area contributed by atoms with E-state index in [4.69, 9.17) is 4.74 Å². The SMILES string of the molecule is CCOc1ccc(N2C(=O)C(C)SC23C(=O)Nc2ccccc23)cc1. The van der Waals surface area contributed by atoms with Crippen molar-refractivity contribution in [2.75, 3.05) is 16.8 Å². The van der Waals surface area contributed by atoms with Gasteiger partial charge in [0.1, 0.15) is 5.75 Å². The molecule has 2 amide bonds. The van der Waals surface area contributed by atoms with Gasteiger partial charge in [-0.25, -0.2) is 0 Å². The normalized spacial score (nSPS) is 24.6. The Labute approximate surface area is 150 Å². The second-order valence-electron chi connectivity index (χ2n) is 6.00. The molecule has 2 unspecified atom stereocenters. The molecule has 0 radical (unpaired) electrons. The summed E-state index contributed by atoms with van der Waals surface area (Å²) in [5.41, 5.74) is 2.28. The van der Waals surface area contributed by atoms with Gasteiger partial charge in [-0.05, 0) is 44.2 Å². The van der Waals surface area contributed by atoms with E-state index in [1.165, 1.54) is 11.8 Å². The first-order chi connectivity index (χ1) is 12.1. The van der Waals surface area contributed by atoms with E-state index in [0.717, 1.165) is 17.0 Å². The Morgan fingerprint density at radius 2 is 1.88 bits per heavy atom. The minimum atomic E-state index is -1.06. The number of benzene rings is 2. The first-order valence-corrected chi connectivity index (χ1v) is 9.11. The van der Waals surface area contributed by atoms with Crippen molar-refractivity contribution >= 4 is 35.0 Å². The lowest BCUT2D eigenvalue weighted by atomic mass is 10.0. The minimum Gasteiger partial charge on any atom is -0.494 e. The molecule has 1 saturated heterocycles. The quantitative estimate of drug-likeness (QED) is 0.918. The molecule has 2 aromatic carbocycles. The molecular weight excluding hydrogens is 336 g/mol. The monoisotopic (exact) mass is 354 g/mol. The van der Waals surface area contributed by atoms with Crippen molar-refractivity contribution in [3.8, 4) is 5.75 Å². The third-order valence-electron chi connectivity index (χ3n) is 4.48. The molecule has 2 atom stereocenters. The van der Waals surface area contributed by atoms with Gasteiger partial charge in [0.05, 0.1) is 11.9 Å². The van der Waals surface area contributed by atoms with Crippen LogP contribution in [0.1, 0.15) is 19.4 Å². The van der Waals surface area contributed by atoms with Crippen molar-refractivity contribution in [2.24, 2.45) is 0 Å². The number of anilines is 2. The molecule has 6 heteroatoms. The van der Waals surface area contributed by atoms with E-state index in [2.05, 4.69) is 5.32 Å². The maximum atomic E-state index is 12.9. The molecule has 25 heavy (non-hydrogen) atoms. The van der Waals surface area contributed by atoms with Gasteiger partial charge in [0.25, 0.3) is 5.91 Å². The molecular formula is C19H18N2O3S. The van der Waals surface area contributed by atoms with Gasteiger partial charge in [-0.2, -0.15) is 0 Å². The maximum Gasteiger partial charge on any atom is 0.266 e. The molecule has 0 bridgehead atoms. The van der Waals surface area contributed by atoms with Gasteiger partial charge < -0.3 is 10.1 Å². The van der Waals surface area contributed by atoms with Crippen LogP contribution in [-0.4, -0.2) is 23.7 Å². The van der Waals surface area contributed by atoms with Crippen LogP contribution in [0.5, 0.6) is 5.75 Å². The van der Waals surface area contributed by atoms with Crippen LogP contribution in [0.4, 0.5) is 11.4 Å². The van der Waals surface area contributed by atoms with Crippen LogP contribution >= 0.6 is 11.8 Å². The third-order valence-corrected chi connectivity index (χ3v) is 5.97. The second-order valence-corrected chi connectivity index (χ2v) is 7.54. The Morgan fingerprint density at radius 3 is 2.60 bits per heavy atom. The summed E-state index contributed by atoms with van der Waals surface area (Å²) in [7, 11) is 0. The van der Waals surface area contributed by atoms with E-state index in [9.17, 15) is 9.59 Å². The van der Waals surface area contributed by atoms with Crippen molar-refractivity contribution < 1.29 is 14.3 Å². The molecule has 2 aliphatic heterocycles. The Morgan fingerprint density at radius 1 is 1.16 bits per heavy atom. The Hall–Kier alpha value is -2.47. The van der Waals surface area contributed by atoms with Crippen LogP contribution in [0.25, 0.3) is 0 Å². The van der Waals surface area contributed by atoms with Gasteiger partial charge in [0, 0.05) is 16.9 Å². The van der Waals surface area contributed by atoms with E-state index >= 15 is 0 Å². The van der Waals surface area contributed by atoms with E-state index < -0.39 is 4.87 Å². The lowest BCUT2D eigenvalue weighted by molar-refractivity contribution is -0.122. The molecule has 2 heterocycles. The molecule has 1 N–H and O–H groups in total. The lowest BCUT2D eigenvalue weighted by Gasteiger charge is -2.32. The smallest absolute Gasteiger partial charge is 0.266 e. The summed E-state index contributed by atoms with van der Waals surface area (Å²) in [6, 6.07) is 14.9. The summed E-state index contributed by atoms with van der Waals surface area (Å²) in [6.45, 7) is 4.34.